The fourth-order valence-electron chi connectivity index (χ4n) is 3.63. The van der Waals surface area contributed by atoms with Crippen LogP contribution < -0.4 is 5.56 Å². The summed E-state index contributed by atoms with van der Waals surface area (Å²) in [5.74, 6) is 1.16. The molecule has 1 saturated heterocycles. The molecule has 24 heavy (non-hydrogen) atoms. The molecule has 2 aromatic rings. The third-order valence-electron chi connectivity index (χ3n) is 4.66. The van der Waals surface area contributed by atoms with E-state index in [0.717, 1.165) is 18.6 Å². The Labute approximate surface area is 146 Å². The third-order valence-corrected chi connectivity index (χ3v) is 4.98. The first-order valence-electron chi connectivity index (χ1n) is 8.45. The van der Waals surface area contributed by atoms with E-state index < -0.39 is 0 Å². The van der Waals surface area contributed by atoms with Crippen LogP contribution in [-0.2, 0) is 11.3 Å². The van der Waals surface area contributed by atoms with E-state index >= 15 is 0 Å². The summed E-state index contributed by atoms with van der Waals surface area (Å²) in [6.07, 6.45) is 1.47. The summed E-state index contributed by atoms with van der Waals surface area (Å²) in [6.45, 7) is 6.29. The number of piperidine rings is 1. The number of amides is 1. The van der Waals surface area contributed by atoms with Crippen LogP contribution in [0.15, 0.2) is 29.1 Å². The Balaban J connectivity index is 1.77. The molecular formula is C18H23N3O2S. The van der Waals surface area contributed by atoms with Gasteiger partial charge in [0.2, 0.25) is 5.91 Å². The lowest BCUT2D eigenvalue weighted by Gasteiger charge is -2.35. The van der Waals surface area contributed by atoms with Crippen molar-refractivity contribution in [1.82, 2.24) is 14.5 Å². The van der Waals surface area contributed by atoms with Gasteiger partial charge in [0.25, 0.3) is 5.56 Å². The Morgan fingerprint density at radius 2 is 1.92 bits per heavy atom. The van der Waals surface area contributed by atoms with Crippen molar-refractivity contribution in [3.8, 4) is 0 Å². The van der Waals surface area contributed by atoms with Crippen molar-refractivity contribution >= 4 is 29.0 Å². The number of hydrogen-bond acceptors (Lipinski definition) is 3. The van der Waals surface area contributed by atoms with Crippen LogP contribution in [0.2, 0.25) is 0 Å². The zero-order valence-electron chi connectivity index (χ0n) is 14.1. The number of H-pyrrole nitrogens is 1. The molecule has 1 aliphatic rings. The number of carbonyl (C=O) groups excluding carboxylic acids is 1. The number of aromatic amines is 1. The van der Waals surface area contributed by atoms with Crippen molar-refractivity contribution in [1.29, 1.82) is 0 Å². The van der Waals surface area contributed by atoms with Gasteiger partial charge >= 0.3 is 0 Å². The van der Waals surface area contributed by atoms with Crippen molar-refractivity contribution in [2.45, 2.75) is 33.2 Å². The Hall–Kier alpha value is -1.95. The summed E-state index contributed by atoms with van der Waals surface area (Å²) in [5.41, 5.74) is 0.594. The van der Waals surface area contributed by atoms with Crippen LogP contribution in [-0.4, -0.2) is 33.4 Å². The second-order valence-corrected chi connectivity index (χ2v) is 7.31. The van der Waals surface area contributed by atoms with E-state index in [-0.39, 0.29) is 11.5 Å². The molecule has 0 bridgehead atoms. The van der Waals surface area contributed by atoms with Crippen LogP contribution >= 0.6 is 12.2 Å². The fraction of sp³-hybridized carbons (Fsp3) is 0.500. The quantitative estimate of drug-likeness (QED) is 0.870. The molecule has 0 radical (unpaired) electrons. The summed E-state index contributed by atoms with van der Waals surface area (Å²) < 4.78 is 1.86. The SMILES string of the molecule is C[C@H]1C[C@H](C)CN(C(=O)CCn2c(=S)[nH]c3ccccc3c2=O)C1. The molecule has 1 fully saturated rings. The predicted molar refractivity (Wildman–Crippen MR) is 97.5 cm³/mol. The van der Waals surface area contributed by atoms with Gasteiger partial charge in [0, 0.05) is 26.1 Å². The second kappa shape index (κ2) is 6.89. The fourth-order valence-corrected chi connectivity index (χ4v) is 3.92. The molecule has 128 valence electrons. The number of hydrogen-bond donors (Lipinski definition) is 1. The monoisotopic (exact) mass is 345 g/mol. The van der Waals surface area contributed by atoms with Gasteiger partial charge in [-0.05, 0) is 42.6 Å². The largest absolute Gasteiger partial charge is 0.342 e. The lowest BCUT2D eigenvalue weighted by Crippen LogP contribution is -2.43. The van der Waals surface area contributed by atoms with Crippen LogP contribution in [0.4, 0.5) is 0 Å². The molecule has 0 spiro atoms. The van der Waals surface area contributed by atoms with E-state index in [1.54, 1.807) is 6.07 Å². The van der Waals surface area contributed by atoms with Gasteiger partial charge < -0.3 is 9.88 Å². The molecule has 6 heteroatoms. The van der Waals surface area contributed by atoms with E-state index in [2.05, 4.69) is 18.8 Å². The first-order chi connectivity index (χ1) is 11.5. The van der Waals surface area contributed by atoms with Crippen LogP contribution in [0.25, 0.3) is 10.9 Å². The standard InChI is InChI=1S/C18H23N3O2S/c1-12-9-13(2)11-20(10-12)16(22)7-8-21-17(23)14-5-3-4-6-15(14)19-18(21)24/h3-6,12-13H,7-11H2,1-2H3,(H,19,24)/t12-,13-/m0/s1. The highest BCUT2D eigenvalue weighted by Gasteiger charge is 2.25. The van der Waals surface area contributed by atoms with E-state index in [0.29, 0.717) is 35.0 Å². The Kier molecular flexibility index (Phi) is 4.85. The molecule has 0 aliphatic carbocycles. The minimum Gasteiger partial charge on any atom is -0.342 e. The van der Waals surface area contributed by atoms with Gasteiger partial charge in [-0.2, -0.15) is 0 Å². The summed E-state index contributed by atoms with van der Waals surface area (Å²) in [6, 6.07) is 7.29. The van der Waals surface area contributed by atoms with Crippen LogP contribution in [0, 0.1) is 16.6 Å². The molecule has 2 heterocycles. The van der Waals surface area contributed by atoms with E-state index in [9.17, 15) is 9.59 Å². The van der Waals surface area contributed by atoms with Crippen molar-refractivity contribution in [2.24, 2.45) is 11.8 Å². The summed E-state index contributed by atoms with van der Waals surface area (Å²) in [7, 11) is 0. The minimum absolute atomic E-state index is 0.0999. The predicted octanol–water partition coefficient (Wildman–Crippen LogP) is 2.95. The zero-order chi connectivity index (χ0) is 17.3. The van der Waals surface area contributed by atoms with Gasteiger partial charge in [-0.15, -0.1) is 0 Å². The lowest BCUT2D eigenvalue weighted by atomic mass is 9.92. The van der Waals surface area contributed by atoms with E-state index in [1.807, 2.05) is 23.1 Å². The molecule has 1 aliphatic heterocycles. The van der Waals surface area contributed by atoms with Crippen molar-refractivity contribution in [3.63, 3.8) is 0 Å². The smallest absolute Gasteiger partial charge is 0.262 e. The topological polar surface area (TPSA) is 58.1 Å². The molecule has 1 aromatic heterocycles. The van der Waals surface area contributed by atoms with Crippen LogP contribution in [0.5, 0.6) is 0 Å². The van der Waals surface area contributed by atoms with E-state index in [1.165, 1.54) is 11.0 Å². The average molecular weight is 345 g/mol. The number of rotatable bonds is 3. The minimum atomic E-state index is -0.137. The number of nitrogens with one attached hydrogen (secondary N) is 1. The number of likely N-dealkylation sites (tertiary alicyclic amines) is 1. The van der Waals surface area contributed by atoms with Gasteiger partial charge in [-0.25, -0.2) is 0 Å². The molecule has 1 aromatic carbocycles. The maximum atomic E-state index is 12.6. The number of fused-ring (bicyclic) bond motifs is 1. The van der Waals surface area contributed by atoms with Gasteiger partial charge in [0.1, 0.15) is 0 Å². The highest BCUT2D eigenvalue weighted by molar-refractivity contribution is 7.71. The molecule has 1 N–H and O–H groups in total. The lowest BCUT2D eigenvalue weighted by molar-refractivity contribution is -0.134. The van der Waals surface area contributed by atoms with Crippen LogP contribution in [0.3, 0.4) is 0 Å². The highest BCUT2D eigenvalue weighted by atomic mass is 32.1. The summed E-state index contributed by atoms with van der Waals surface area (Å²) >= 11 is 5.30. The molecular weight excluding hydrogens is 322 g/mol. The summed E-state index contributed by atoms with van der Waals surface area (Å²) in [4.78, 5) is 30.1. The second-order valence-electron chi connectivity index (χ2n) is 6.93. The van der Waals surface area contributed by atoms with Gasteiger partial charge in [0.05, 0.1) is 10.9 Å². The third kappa shape index (κ3) is 3.43. The molecule has 2 atom stereocenters. The first-order valence-corrected chi connectivity index (χ1v) is 8.86. The van der Waals surface area contributed by atoms with Crippen molar-refractivity contribution in [2.75, 3.05) is 13.1 Å². The number of aromatic nitrogens is 2. The molecule has 5 nitrogen and oxygen atoms in total. The van der Waals surface area contributed by atoms with Crippen LogP contribution in [0.1, 0.15) is 26.7 Å². The Bertz CT molecular complexity index is 860. The molecule has 3 rings (SSSR count). The van der Waals surface area contributed by atoms with Gasteiger partial charge in [0.15, 0.2) is 4.77 Å². The molecule has 0 saturated carbocycles. The number of para-hydroxylation sites is 1. The van der Waals surface area contributed by atoms with Crippen molar-refractivity contribution in [3.05, 3.63) is 39.4 Å². The first kappa shape index (κ1) is 16.9. The van der Waals surface area contributed by atoms with Gasteiger partial charge in [-0.1, -0.05) is 26.0 Å². The number of carbonyl (C=O) groups is 1. The zero-order valence-corrected chi connectivity index (χ0v) is 14.9. The Morgan fingerprint density at radius 1 is 1.25 bits per heavy atom. The normalized spacial score (nSPS) is 21.2. The Morgan fingerprint density at radius 3 is 2.62 bits per heavy atom. The van der Waals surface area contributed by atoms with Gasteiger partial charge in [-0.3, -0.25) is 14.2 Å². The highest BCUT2D eigenvalue weighted by Crippen LogP contribution is 2.21. The average Bonchev–Trinajstić information content (AvgIpc) is 2.53. The maximum absolute atomic E-state index is 12.6. The molecule has 1 amide bonds. The summed E-state index contributed by atoms with van der Waals surface area (Å²) in [5, 5.41) is 0.596. The molecule has 0 unspecified atom stereocenters. The number of benzene rings is 1. The number of nitrogens with zero attached hydrogens (tertiary/aromatic N) is 2. The van der Waals surface area contributed by atoms with E-state index in [4.69, 9.17) is 12.2 Å². The van der Waals surface area contributed by atoms with Crippen molar-refractivity contribution < 1.29 is 4.79 Å². The maximum Gasteiger partial charge on any atom is 0.262 e.